The number of sulfonamides is 1. The molecule has 7 heteroatoms. The van der Waals surface area contributed by atoms with Crippen molar-refractivity contribution in [2.45, 2.75) is 43.5 Å². The van der Waals surface area contributed by atoms with Gasteiger partial charge in [0.15, 0.2) is 0 Å². The van der Waals surface area contributed by atoms with Crippen molar-refractivity contribution in [1.82, 2.24) is 9.21 Å². The van der Waals surface area contributed by atoms with Crippen molar-refractivity contribution in [3.05, 3.63) is 35.9 Å². The third kappa shape index (κ3) is 4.78. The fourth-order valence-corrected chi connectivity index (χ4v) is 5.07. The molecule has 0 aliphatic carbocycles. The predicted octanol–water partition coefficient (Wildman–Crippen LogP) is 2.51. The fraction of sp³-hybridized carbons (Fsp3) is 0.550. The van der Waals surface area contributed by atoms with Crippen LogP contribution in [0, 0.1) is 0 Å². The third-order valence-electron chi connectivity index (χ3n) is 5.29. The van der Waals surface area contributed by atoms with Crippen molar-refractivity contribution in [1.29, 1.82) is 0 Å². The van der Waals surface area contributed by atoms with Crippen molar-refractivity contribution in [3.63, 3.8) is 0 Å². The summed E-state index contributed by atoms with van der Waals surface area (Å²) in [6, 6.07) is 7.02. The van der Waals surface area contributed by atoms with Crippen LogP contribution in [-0.4, -0.2) is 62.4 Å². The van der Waals surface area contributed by atoms with Gasteiger partial charge < -0.3 is 9.64 Å². The molecule has 27 heavy (non-hydrogen) atoms. The third-order valence-corrected chi connectivity index (χ3v) is 7.20. The molecule has 0 aromatic heterocycles. The van der Waals surface area contributed by atoms with Crippen LogP contribution in [0.15, 0.2) is 35.2 Å². The van der Waals surface area contributed by atoms with E-state index in [0.29, 0.717) is 32.3 Å². The number of carbonyl (C=O) groups is 1. The van der Waals surface area contributed by atoms with E-state index in [2.05, 4.69) is 6.92 Å². The SMILES string of the molecule is CCC1CCCCN1C(=O)C=Cc1ccc(S(=O)(=O)N2CCOCC2)cc1. The van der Waals surface area contributed by atoms with Gasteiger partial charge in [-0.3, -0.25) is 4.79 Å². The number of rotatable bonds is 5. The van der Waals surface area contributed by atoms with E-state index < -0.39 is 10.0 Å². The molecule has 3 rings (SSSR count). The van der Waals surface area contributed by atoms with Gasteiger partial charge in [0.25, 0.3) is 0 Å². The van der Waals surface area contributed by atoms with Crippen LogP contribution in [0.2, 0.25) is 0 Å². The van der Waals surface area contributed by atoms with E-state index in [-0.39, 0.29) is 10.8 Å². The van der Waals surface area contributed by atoms with E-state index in [4.69, 9.17) is 4.74 Å². The molecule has 2 saturated heterocycles. The highest BCUT2D eigenvalue weighted by molar-refractivity contribution is 7.89. The second-order valence-electron chi connectivity index (χ2n) is 7.01. The van der Waals surface area contributed by atoms with Crippen molar-refractivity contribution in [2.24, 2.45) is 0 Å². The molecular formula is C20H28N2O4S. The summed E-state index contributed by atoms with van der Waals surface area (Å²) in [5.41, 5.74) is 0.814. The Hall–Kier alpha value is -1.70. The summed E-state index contributed by atoms with van der Waals surface area (Å²) in [4.78, 5) is 14.7. The number of hydrogen-bond acceptors (Lipinski definition) is 4. The maximum absolute atomic E-state index is 12.6. The maximum atomic E-state index is 12.6. The Labute approximate surface area is 161 Å². The van der Waals surface area contributed by atoms with E-state index in [0.717, 1.165) is 31.4 Å². The van der Waals surface area contributed by atoms with Crippen LogP contribution < -0.4 is 0 Å². The molecule has 1 aromatic carbocycles. The van der Waals surface area contributed by atoms with Gasteiger partial charge in [-0.2, -0.15) is 4.31 Å². The predicted molar refractivity (Wildman–Crippen MR) is 105 cm³/mol. The zero-order valence-electron chi connectivity index (χ0n) is 15.8. The van der Waals surface area contributed by atoms with Crippen LogP contribution in [0.4, 0.5) is 0 Å². The summed E-state index contributed by atoms with van der Waals surface area (Å²) in [6.45, 7) is 4.56. The second-order valence-corrected chi connectivity index (χ2v) is 8.95. The molecule has 0 N–H and O–H groups in total. The first-order valence-electron chi connectivity index (χ1n) is 9.69. The summed E-state index contributed by atoms with van der Waals surface area (Å²) >= 11 is 0. The first-order valence-corrected chi connectivity index (χ1v) is 11.1. The molecule has 1 atom stereocenters. The summed E-state index contributed by atoms with van der Waals surface area (Å²) in [7, 11) is -3.48. The van der Waals surface area contributed by atoms with E-state index in [1.54, 1.807) is 36.4 Å². The van der Waals surface area contributed by atoms with E-state index in [1.807, 2.05) is 4.90 Å². The Morgan fingerprint density at radius 1 is 1.15 bits per heavy atom. The first-order chi connectivity index (χ1) is 13.0. The van der Waals surface area contributed by atoms with E-state index in [1.165, 1.54) is 10.7 Å². The van der Waals surface area contributed by atoms with Crippen LogP contribution in [0.25, 0.3) is 6.08 Å². The Morgan fingerprint density at radius 3 is 2.52 bits per heavy atom. The van der Waals surface area contributed by atoms with Crippen molar-refractivity contribution in [2.75, 3.05) is 32.8 Å². The van der Waals surface area contributed by atoms with Crippen LogP contribution in [0.5, 0.6) is 0 Å². The van der Waals surface area contributed by atoms with Gasteiger partial charge in [-0.15, -0.1) is 0 Å². The van der Waals surface area contributed by atoms with Crippen molar-refractivity contribution >= 4 is 22.0 Å². The number of carbonyl (C=O) groups excluding carboxylic acids is 1. The molecule has 6 nitrogen and oxygen atoms in total. The Bertz CT molecular complexity index is 768. The summed E-state index contributed by atoms with van der Waals surface area (Å²) in [6.07, 6.45) is 7.65. The summed E-state index contributed by atoms with van der Waals surface area (Å²) < 4.78 is 31.9. The number of ether oxygens (including phenoxy) is 1. The lowest BCUT2D eigenvalue weighted by Crippen LogP contribution is -2.42. The van der Waals surface area contributed by atoms with Crippen LogP contribution in [0.1, 0.15) is 38.2 Å². The summed E-state index contributed by atoms with van der Waals surface area (Å²) in [5, 5.41) is 0. The lowest BCUT2D eigenvalue weighted by atomic mass is 10.00. The van der Waals surface area contributed by atoms with E-state index in [9.17, 15) is 13.2 Å². The average molecular weight is 393 g/mol. The molecule has 0 bridgehead atoms. The second kappa shape index (κ2) is 8.99. The van der Waals surface area contributed by atoms with Gasteiger partial charge in [0.1, 0.15) is 0 Å². The van der Waals surface area contributed by atoms with Gasteiger partial charge in [0.2, 0.25) is 15.9 Å². The molecule has 0 radical (unpaired) electrons. The first kappa shape index (κ1) is 20.0. The zero-order valence-corrected chi connectivity index (χ0v) is 16.7. The minimum absolute atomic E-state index is 0.0339. The molecule has 1 amide bonds. The van der Waals surface area contributed by atoms with Crippen LogP contribution in [0.3, 0.4) is 0 Å². The van der Waals surface area contributed by atoms with Gasteiger partial charge in [-0.25, -0.2) is 8.42 Å². The molecule has 0 spiro atoms. The van der Waals surface area contributed by atoms with Gasteiger partial charge in [0.05, 0.1) is 18.1 Å². The summed E-state index contributed by atoms with van der Waals surface area (Å²) in [5.74, 6) is 0.0339. The Balaban J connectivity index is 1.66. The molecule has 2 aliphatic heterocycles. The molecule has 0 saturated carbocycles. The number of amides is 1. The number of morpholine rings is 1. The maximum Gasteiger partial charge on any atom is 0.246 e. The number of likely N-dealkylation sites (tertiary alicyclic amines) is 1. The normalized spacial score (nSPS) is 22.3. The van der Waals surface area contributed by atoms with Crippen LogP contribution in [-0.2, 0) is 19.6 Å². The van der Waals surface area contributed by atoms with Gasteiger partial charge >= 0.3 is 0 Å². The van der Waals surface area contributed by atoms with E-state index >= 15 is 0 Å². The highest BCUT2D eigenvalue weighted by Crippen LogP contribution is 2.21. The molecular weight excluding hydrogens is 364 g/mol. The molecule has 2 fully saturated rings. The monoisotopic (exact) mass is 392 g/mol. The minimum Gasteiger partial charge on any atom is -0.379 e. The fourth-order valence-electron chi connectivity index (χ4n) is 3.67. The van der Waals surface area contributed by atoms with Crippen molar-refractivity contribution < 1.29 is 17.9 Å². The number of nitrogens with zero attached hydrogens (tertiary/aromatic N) is 2. The highest BCUT2D eigenvalue weighted by atomic mass is 32.2. The molecule has 1 unspecified atom stereocenters. The number of piperidine rings is 1. The standard InChI is InChI=1S/C20H28N2O4S/c1-2-18-5-3-4-12-22(18)20(23)11-8-17-6-9-19(10-7-17)27(24,25)21-13-15-26-16-14-21/h6-11,18H,2-5,12-16H2,1H3. The smallest absolute Gasteiger partial charge is 0.246 e. The topological polar surface area (TPSA) is 66.9 Å². The largest absolute Gasteiger partial charge is 0.379 e. The van der Waals surface area contributed by atoms with Crippen molar-refractivity contribution in [3.8, 4) is 0 Å². The van der Waals surface area contributed by atoms with Gasteiger partial charge in [-0.1, -0.05) is 19.1 Å². The highest BCUT2D eigenvalue weighted by Gasteiger charge is 2.26. The van der Waals surface area contributed by atoms with Gasteiger partial charge in [0, 0.05) is 31.8 Å². The molecule has 2 aliphatic rings. The molecule has 2 heterocycles. The Morgan fingerprint density at radius 2 is 1.85 bits per heavy atom. The lowest BCUT2D eigenvalue weighted by molar-refractivity contribution is -0.129. The number of hydrogen-bond donors (Lipinski definition) is 0. The quantitative estimate of drug-likeness (QED) is 0.722. The zero-order chi connectivity index (χ0) is 19.3. The van der Waals surface area contributed by atoms with Gasteiger partial charge in [-0.05, 0) is 49.5 Å². The average Bonchev–Trinajstić information content (AvgIpc) is 2.73. The van der Waals surface area contributed by atoms with Crippen LogP contribution >= 0.6 is 0 Å². The lowest BCUT2D eigenvalue weighted by Gasteiger charge is -2.34. The minimum atomic E-state index is -3.48. The number of benzene rings is 1. The molecule has 1 aromatic rings. The Kier molecular flexibility index (Phi) is 6.68. The molecule has 148 valence electrons.